The molecular formula is C22H36N6O2SSi. The molecule has 3 N–H and O–H groups in total. The minimum atomic E-state index is -1.27. The average Bonchev–Trinajstić information content (AvgIpc) is 3.34. The van der Waals surface area contributed by atoms with Gasteiger partial charge in [-0.25, -0.2) is 18.9 Å². The second-order valence-electron chi connectivity index (χ2n) is 10.2. The maximum atomic E-state index is 12.6. The predicted molar refractivity (Wildman–Crippen MR) is 134 cm³/mol. The molecule has 0 aliphatic carbocycles. The minimum absolute atomic E-state index is 0.266. The zero-order valence-electron chi connectivity index (χ0n) is 20.0. The Balaban J connectivity index is 1.83. The molecule has 3 heterocycles. The fourth-order valence-corrected chi connectivity index (χ4v) is 4.68. The van der Waals surface area contributed by atoms with Crippen LogP contribution in [-0.2, 0) is 22.5 Å². The van der Waals surface area contributed by atoms with Crippen molar-refractivity contribution in [1.29, 1.82) is 0 Å². The third-order valence-electron chi connectivity index (χ3n) is 5.09. The first-order valence-electron chi connectivity index (χ1n) is 10.9. The molecule has 176 valence electrons. The van der Waals surface area contributed by atoms with E-state index in [1.54, 1.807) is 6.20 Å². The van der Waals surface area contributed by atoms with Gasteiger partial charge in [0.15, 0.2) is 0 Å². The number of pyridine rings is 1. The van der Waals surface area contributed by atoms with Gasteiger partial charge in [0.05, 0.1) is 21.8 Å². The van der Waals surface area contributed by atoms with Gasteiger partial charge in [-0.3, -0.25) is 4.57 Å². The standard InChI is InChI=1S/C22H36N6O2SSi/c1-22(2,3)31(29)26-18(15-23)21-24-10-12-28(21)19-8-7-17-9-11-27(20(17)25-19)16-30-13-14-32(4,5)6/h7-12,18,26H,13-16,23H2,1-6H3/t18-,31?/m0/s1. The quantitative estimate of drug-likeness (QED) is 0.344. The van der Waals surface area contributed by atoms with E-state index in [0.29, 0.717) is 12.6 Å². The van der Waals surface area contributed by atoms with E-state index in [1.165, 1.54) is 0 Å². The number of aromatic nitrogens is 4. The Hall–Kier alpha value is -1.85. The van der Waals surface area contributed by atoms with Crippen molar-refractivity contribution in [1.82, 2.24) is 23.8 Å². The Morgan fingerprint density at radius 1 is 1.22 bits per heavy atom. The number of hydrogen-bond donors (Lipinski definition) is 2. The molecule has 0 spiro atoms. The average molecular weight is 477 g/mol. The molecule has 8 nitrogen and oxygen atoms in total. The summed E-state index contributed by atoms with van der Waals surface area (Å²) in [4.78, 5) is 9.37. The smallest absolute Gasteiger partial charge is 0.144 e. The first-order chi connectivity index (χ1) is 15.0. The van der Waals surface area contributed by atoms with E-state index < -0.39 is 23.8 Å². The van der Waals surface area contributed by atoms with Crippen molar-refractivity contribution < 1.29 is 8.95 Å². The summed E-state index contributed by atoms with van der Waals surface area (Å²) in [7, 11) is -2.39. The van der Waals surface area contributed by atoms with Crippen molar-refractivity contribution in [3.63, 3.8) is 0 Å². The lowest BCUT2D eigenvalue weighted by atomic mass is 10.3. The van der Waals surface area contributed by atoms with Crippen LogP contribution in [0.1, 0.15) is 32.6 Å². The molecular weight excluding hydrogens is 440 g/mol. The van der Waals surface area contributed by atoms with Crippen LogP contribution < -0.4 is 10.5 Å². The monoisotopic (exact) mass is 476 g/mol. The van der Waals surface area contributed by atoms with E-state index in [9.17, 15) is 4.21 Å². The SMILES string of the molecule is CC(C)(C)S(=O)N[C@@H](CN)c1nccn1-c1ccc2ccn(COCC[Si](C)(C)C)c2n1. The fraction of sp³-hybridized carbons (Fsp3) is 0.545. The van der Waals surface area contributed by atoms with Gasteiger partial charge in [-0.2, -0.15) is 0 Å². The Kier molecular flexibility index (Phi) is 7.71. The summed E-state index contributed by atoms with van der Waals surface area (Å²) < 4.78 is 25.2. The van der Waals surface area contributed by atoms with Gasteiger partial charge >= 0.3 is 0 Å². The van der Waals surface area contributed by atoms with Crippen molar-refractivity contribution in [2.24, 2.45) is 5.73 Å². The summed E-state index contributed by atoms with van der Waals surface area (Å²) in [6, 6.07) is 6.81. The van der Waals surface area contributed by atoms with Crippen molar-refractivity contribution in [3.8, 4) is 5.82 Å². The molecule has 1 unspecified atom stereocenters. The topological polar surface area (TPSA) is 100.0 Å². The zero-order valence-corrected chi connectivity index (χ0v) is 21.8. The van der Waals surface area contributed by atoms with Crippen LogP contribution >= 0.6 is 0 Å². The van der Waals surface area contributed by atoms with E-state index in [4.69, 9.17) is 15.5 Å². The summed E-state index contributed by atoms with van der Waals surface area (Å²) in [6.45, 7) is 14.3. The van der Waals surface area contributed by atoms with Gasteiger partial charge in [0.25, 0.3) is 0 Å². The molecule has 32 heavy (non-hydrogen) atoms. The highest BCUT2D eigenvalue weighted by molar-refractivity contribution is 7.84. The lowest BCUT2D eigenvalue weighted by Crippen LogP contribution is -2.39. The fourth-order valence-electron chi connectivity index (χ4n) is 3.11. The Labute approximate surface area is 194 Å². The summed E-state index contributed by atoms with van der Waals surface area (Å²) >= 11 is 0. The Morgan fingerprint density at radius 3 is 2.62 bits per heavy atom. The summed E-state index contributed by atoms with van der Waals surface area (Å²) in [5, 5.41) is 1.05. The van der Waals surface area contributed by atoms with Crippen LogP contribution in [0.25, 0.3) is 16.9 Å². The van der Waals surface area contributed by atoms with E-state index in [0.717, 1.165) is 29.5 Å². The highest BCUT2D eigenvalue weighted by Crippen LogP contribution is 2.21. The molecule has 3 rings (SSSR count). The predicted octanol–water partition coefficient (Wildman–Crippen LogP) is 3.59. The number of hydrogen-bond acceptors (Lipinski definition) is 5. The van der Waals surface area contributed by atoms with Gasteiger partial charge in [0, 0.05) is 45.2 Å². The van der Waals surface area contributed by atoms with Gasteiger partial charge in [0.2, 0.25) is 0 Å². The Bertz CT molecular complexity index is 1070. The molecule has 0 aliphatic heterocycles. The van der Waals surface area contributed by atoms with Gasteiger partial charge in [0.1, 0.15) is 24.0 Å². The molecule has 0 bridgehead atoms. The first kappa shape index (κ1) is 24.8. The van der Waals surface area contributed by atoms with Gasteiger partial charge in [-0.15, -0.1) is 0 Å². The summed E-state index contributed by atoms with van der Waals surface area (Å²) in [6.07, 6.45) is 5.57. The minimum Gasteiger partial charge on any atom is -0.361 e. The Morgan fingerprint density at radius 2 is 1.97 bits per heavy atom. The van der Waals surface area contributed by atoms with E-state index in [-0.39, 0.29) is 12.6 Å². The number of nitrogens with zero attached hydrogens (tertiary/aromatic N) is 4. The van der Waals surface area contributed by atoms with Crippen LogP contribution in [0.15, 0.2) is 36.8 Å². The molecule has 0 saturated carbocycles. The van der Waals surface area contributed by atoms with Crippen LogP contribution in [0.5, 0.6) is 0 Å². The van der Waals surface area contributed by atoms with Gasteiger partial charge < -0.3 is 15.0 Å². The normalized spacial score (nSPS) is 14.7. The number of fused-ring (bicyclic) bond motifs is 1. The summed E-state index contributed by atoms with van der Waals surface area (Å²) in [5.74, 6) is 1.41. The van der Waals surface area contributed by atoms with Crippen LogP contribution in [0, 0.1) is 0 Å². The van der Waals surface area contributed by atoms with Crippen molar-refractivity contribution in [3.05, 3.63) is 42.6 Å². The molecule has 10 heteroatoms. The van der Waals surface area contributed by atoms with Crippen LogP contribution in [-0.4, -0.2) is 49.3 Å². The van der Waals surface area contributed by atoms with Gasteiger partial charge in [-0.1, -0.05) is 19.6 Å². The maximum absolute atomic E-state index is 12.6. The largest absolute Gasteiger partial charge is 0.361 e. The lowest BCUT2D eigenvalue weighted by molar-refractivity contribution is 0.0899. The molecule has 0 amide bonds. The van der Waals surface area contributed by atoms with Crippen LogP contribution in [0.3, 0.4) is 0 Å². The summed E-state index contributed by atoms with van der Waals surface area (Å²) in [5.41, 5.74) is 6.86. The van der Waals surface area contributed by atoms with E-state index in [1.807, 2.05) is 60.5 Å². The van der Waals surface area contributed by atoms with Crippen LogP contribution in [0.4, 0.5) is 0 Å². The molecule has 0 aliphatic rings. The van der Waals surface area contributed by atoms with Gasteiger partial charge in [-0.05, 0) is 45.0 Å². The molecule has 0 aromatic carbocycles. The van der Waals surface area contributed by atoms with Crippen LogP contribution in [0.2, 0.25) is 25.7 Å². The number of nitrogens with one attached hydrogen (secondary N) is 1. The third-order valence-corrected chi connectivity index (χ3v) is 8.41. The molecule has 3 aromatic rings. The number of imidazole rings is 1. The van der Waals surface area contributed by atoms with E-state index in [2.05, 4.69) is 29.3 Å². The third kappa shape index (κ3) is 6.14. The maximum Gasteiger partial charge on any atom is 0.144 e. The number of rotatable bonds is 10. The number of ether oxygens (including phenoxy) is 1. The van der Waals surface area contributed by atoms with Crippen molar-refractivity contribution in [2.75, 3.05) is 13.2 Å². The van der Waals surface area contributed by atoms with Crippen molar-refractivity contribution >= 4 is 30.1 Å². The highest BCUT2D eigenvalue weighted by Gasteiger charge is 2.25. The molecule has 3 aromatic heterocycles. The lowest BCUT2D eigenvalue weighted by Gasteiger charge is -2.23. The second kappa shape index (κ2) is 9.96. The molecule has 0 fully saturated rings. The van der Waals surface area contributed by atoms with Crippen molar-refractivity contribution in [2.45, 2.75) is 64.0 Å². The second-order valence-corrected chi connectivity index (χ2v) is 17.8. The molecule has 0 saturated heterocycles. The zero-order chi connectivity index (χ0) is 23.5. The molecule has 2 atom stereocenters. The highest BCUT2D eigenvalue weighted by atomic mass is 32.2. The molecule has 0 radical (unpaired) electrons. The number of nitrogens with two attached hydrogens (primary N) is 1. The first-order valence-corrected chi connectivity index (χ1v) is 15.8. The van der Waals surface area contributed by atoms with E-state index >= 15 is 0 Å².